The molecule has 1 aliphatic heterocycles. The third-order valence-corrected chi connectivity index (χ3v) is 5.28. The Morgan fingerprint density at radius 1 is 1.15 bits per heavy atom. The number of piperidine rings is 1. The number of nitrogens with two attached hydrogens (primary N) is 1. The first-order valence-corrected chi connectivity index (χ1v) is 9.25. The van der Waals surface area contributed by atoms with Crippen LogP contribution in [0.15, 0.2) is 18.2 Å². The van der Waals surface area contributed by atoms with Gasteiger partial charge in [0.2, 0.25) is 5.91 Å². The molecule has 2 aliphatic rings. The van der Waals surface area contributed by atoms with E-state index in [0.29, 0.717) is 18.3 Å². The maximum Gasteiger partial charge on any atom is 0.317 e. The Morgan fingerprint density at radius 3 is 2.62 bits per heavy atom. The summed E-state index contributed by atoms with van der Waals surface area (Å²) in [4.78, 5) is 26.9. The molecule has 1 unspecified atom stereocenters. The van der Waals surface area contributed by atoms with Crippen LogP contribution in [-0.2, 0) is 4.79 Å². The van der Waals surface area contributed by atoms with Crippen LogP contribution in [-0.4, -0.2) is 36.0 Å². The number of hydrogen-bond donors (Lipinski definition) is 3. The summed E-state index contributed by atoms with van der Waals surface area (Å²) in [7, 11) is 0. The van der Waals surface area contributed by atoms with Crippen molar-refractivity contribution in [3.63, 3.8) is 0 Å². The van der Waals surface area contributed by atoms with E-state index in [1.165, 1.54) is 12.8 Å². The molecular weight excluding hydrogens is 352 g/mol. The Hall–Kier alpha value is -1.95. The predicted octanol–water partition coefficient (Wildman–Crippen LogP) is 3.30. The molecule has 0 bridgehead atoms. The van der Waals surface area contributed by atoms with Crippen molar-refractivity contribution >= 4 is 35.7 Å². The zero-order valence-corrected chi connectivity index (χ0v) is 16.1. The molecule has 0 aromatic heterocycles. The fraction of sp³-hybridized carbons (Fsp3) is 0.579. The highest BCUT2D eigenvalue weighted by Crippen LogP contribution is 2.23. The summed E-state index contributed by atoms with van der Waals surface area (Å²) in [5.74, 6) is -0.212. The lowest BCUT2D eigenvalue weighted by Gasteiger charge is -2.33. The average Bonchev–Trinajstić information content (AvgIpc) is 3.11. The van der Waals surface area contributed by atoms with E-state index in [1.54, 1.807) is 11.0 Å². The lowest BCUT2D eigenvalue weighted by atomic mass is 9.97. The first-order valence-electron chi connectivity index (χ1n) is 9.25. The molecule has 4 N–H and O–H groups in total. The predicted molar refractivity (Wildman–Crippen MR) is 107 cm³/mol. The third-order valence-electron chi connectivity index (χ3n) is 5.28. The second-order valence-corrected chi connectivity index (χ2v) is 7.28. The largest absolute Gasteiger partial charge is 0.399 e. The van der Waals surface area contributed by atoms with Crippen molar-refractivity contribution in [1.82, 2.24) is 10.2 Å². The van der Waals surface area contributed by atoms with Crippen LogP contribution >= 0.6 is 12.4 Å². The number of rotatable bonds is 3. The highest BCUT2D eigenvalue weighted by atomic mass is 35.5. The van der Waals surface area contributed by atoms with Gasteiger partial charge >= 0.3 is 6.03 Å². The summed E-state index contributed by atoms with van der Waals surface area (Å²) in [6, 6.07) is 5.77. The molecule has 1 saturated heterocycles. The van der Waals surface area contributed by atoms with Crippen LogP contribution < -0.4 is 16.4 Å². The molecule has 1 saturated carbocycles. The molecule has 6 nitrogen and oxygen atoms in total. The molecular formula is C19H29ClN4O2. The molecule has 1 aromatic rings. The maximum atomic E-state index is 12.6. The summed E-state index contributed by atoms with van der Waals surface area (Å²) in [6.45, 7) is 3.14. The summed E-state index contributed by atoms with van der Waals surface area (Å²) >= 11 is 0. The number of hydrogen-bond acceptors (Lipinski definition) is 3. The van der Waals surface area contributed by atoms with E-state index in [-0.39, 0.29) is 30.3 Å². The van der Waals surface area contributed by atoms with Crippen molar-refractivity contribution in [2.24, 2.45) is 5.92 Å². The lowest BCUT2D eigenvalue weighted by Crippen LogP contribution is -2.49. The number of benzene rings is 1. The van der Waals surface area contributed by atoms with Crippen molar-refractivity contribution in [2.45, 2.75) is 51.5 Å². The van der Waals surface area contributed by atoms with E-state index in [0.717, 1.165) is 43.5 Å². The summed E-state index contributed by atoms with van der Waals surface area (Å²) in [5, 5.41) is 6.09. The van der Waals surface area contributed by atoms with Crippen molar-refractivity contribution in [3.8, 4) is 0 Å². The number of nitrogens with one attached hydrogen (secondary N) is 2. The third kappa shape index (κ3) is 5.04. The van der Waals surface area contributed by atoms with Crippen LogP contribution in [0, 0.1) is 12.8 Å². The van der Waals surface area contributed by atoms with Gasteiger partial charge in [0.05, 0.1) is 5.92 Å². The van der Waals surface area contributed by atoms with Gasteiger partial charge in [0.1, 0.15) is 0 Å². The van der Waals surface area contributed by atoms with E-state index in [2.05, 4.69) is 10.6 Å². The molecule has 0 spiro atoms. The Kier molecular flexibility index (Phi) is 7.14. The summed E-state index contributed by atoms with van der Waals surface area (Å²) < 4.78 is 0. The van der Waals surface area contributed by atoms with Gasteiger partial charge in [0, 0.05) is 30.5 Å². The fourth-order valence-corrected chi connectivity index (χ4v) is 3.72. The topological polar surface area (TPSA) is 87.5 Å². The molecule has 0 radical (unpaired) electrons. The Balaban J connectivity index is 0.00000243. The second kappa shape index (κ2) is 9.12. The molecule has 144 valence electrons. The molecule has 1 heterocycles. The van der Waals surface area contributed by atoms with Gasteiger partial charge in [-0.15, -0.1) is 12.4 Å². The van der Waals surface area contributed by atoms with Crippen molar-refractivity contribution < 1.29 is 9.59 Å². The van der Waals surface area contributed by atoms with Crippen LogP contribution in [0.4, 0.5) is 16.2 Å². The quantitative estimate of drug-likeness (QED) is 0.703. The van der Waals surface area contributed by atoms with E-state index in [4.69, 9.17) is 5.73 Å². The minimum atomic E-state index is -0.177. The lowest BCUT2D eigenvalue weighted by molar-refractivity contribution is -0.121. The number of anilines is 2. The number of urea groups is 1. The van der Waals surface area contributed by atoms with E-state index < -0.39 is 0 Å². The van der Waals surface area contributed by atoms with Gasteiger partial charge in [0.25, 0.3) is 0 Å². The van der Waals surface area contributed by atoms with Gasteiger partial charge in [-0.25, -0.2) is 4.79 Å². The molecule has 26 heavy (non-hydrogen) atoms. The monoisotopic (exact) mass is 380 g/mol. The molecule has 7 heteroatoms. The Morgan fingerprint density at radius 2 is 1.88 bits per heavy atom. The van der Waals surface area contributed by atoms with Gasteiger partial charge in [0.15, 0.2) is 0 Å². The number of nitrogen functional groups attached to an aromatic ring is 1. The van der Waals surface area contributed by atoms with Crippen LogP contribution in [0.25, 0.3) is 0 Å². The van der Waals surface area contributed by atoms with E-state index in [1.807, 2.05) is 19.1 Å². The van der Waals surface area contributed by atoms with Crippen molar-refractivity contribution in [3.05, 3.63) is 23.8 Å². The van der Waals surface area contributed by atoms with Gasteiger partial charge in [-0.3, -0.25) is 4.79 Å². The molecule has 3 amide bonds. The van der Waals surface area contributed by atoms with Crippen molar-refractivity contribution in [2.75, 3.05) is 24.1 Å². The molecule has 1 atom stereocenters. The number of amides is 3. The maximum absolute atomic E-state index is 12.6. The van der Waals surface area contributed by atoms with E-state index in [9.17, 15) is 9.59 Å². The molecule has 3 rings (SSSR count). The minimum Gasteiger partial charge on any atom is -0.399 e. The van der Waals surface area contributed by atoms with Crippen LogP contribution in [0.3, 0.4) is 0 Å². The van der Waals surface area contributed by atoms with Crippen molar-refractivity contribution in [1.29, 1.82) is 0 Å². The van der Waals surface area contributed by atoms with Gasteiger partial charge in [-0.2, -0.15) is 0 Å². The Labute approximate surface area is 161 Å². The second-order valence-electron chi connectivity index (χ2n) is 7.28. The van der Waals surface area contributed by atoms with Crippen LogP contribution in [0.5, 0.6) is 0 Å². The standard InChI is InChI=1S/C19H28N4O2.ClH/c1-13-8-9-15(20)11-17(13)22-18(24)14-5-4-10-23(12-14)19(25)21-16-6-2-3-7-16;/h8-9,11,14,16H,2-7,10,12,20H2,1H3,(H,21,25)(H,22,24);1H. The normalized spacial score (nSPS) is 20.3. The van der Waals surface area contributed by atoms with Gasteiger partial charge in [-0.05, 0) is 50.3 Å². The SMILES string of the molecule is Cc1ccc(N)cc1NC(=O)C1CCCN(C(=O)NC2CCCC2)C1.Cl. The fourth-order valence-electron chi connectivity index (χ4n) is 3.72. The minimum absolute atomic E-state index is 0. The summed E-state index contributed by atoms with van der Waals surface area (Å²) in [6.07, 6.45) is 6.17. The van der Waals surface area contributed by atoms with Gasteiger partial charge < -0.3 is 21.3 Å². The number of likely N-dealkylation sites (tertiary alicyclic amines) is 1. The highest BCUT2D eigenvalue weighted by Gasteiger charge is 2.30. The number of carbonyl (C=O) groups is 2. The molecule has 2 fully saturated rings. The Bertz CT molecular complexity index is 646. The first-order chi connectivity index (χ1) is 12.0. The zero-order chi connectivity index (χ0) is 17.8. The van der Waals surface area contributed by atoms with Gasteiger partial charge in [-0.1, -0.05) is 18.9 Å². The smallest absolute Gasteiger partial charge is 0.317 e. The molecule has 1 aliphatic carbocycles. The number of nitrogens with zero attached hydrogens (tertiary/aromatic N) is 1. The van der Waals surface area contributed by atoms with Crippen LogP contribution in [0.1, 0.15) is 44.1 Å². The number of aryl methyl sites for hydroxylation is 1. The summed E-state index contributed by atoms with van der Waals surface area (Å²) in [5.41, 5.74) is 8.16. The first kappa shape index (κ1) is 20.4. The van der Waals surface area contributed by atoms with Crippen LogP contribution in [0.2, 0.25) is 0 Å². The van der Waals surface area contributed by atoms with E-state index >= 15 is 0 Å². The number of carbonyl (C=O) groups excluding carboxylic acids is 2. The zero-order valence-electron chi connectivity index (χ0n) is 15.3. The highest BCUT2D eigenvalue weighted by molar-refractivity contribution is 5.94. The number of halogens is 1. The molecule has 1 aromatic carbocycles. The average molecular weight is 381 g/mol.